The normalized spacial score (nSPS) is 11.1. The fourth-order valence-corrected chi connectivity index (χ4v) is 2.54. The van der Waals surface area contributed by atoms with E-state index in [4.69, 9.17) is 5.11 Å². The number of nitro groups is 1. The molecule has 0 aliphatic carbocycles. The Kier molecular flexibility index (Phi) is 4.66. The first-order valence-electron chi connectivity index (χ1n) is 5.55. The van der Waals surface area contributed by atoms with E-state index in [0.29, 0.717) is 0 Å². The summed E-state index contributed by atoms with van der Waals surface area (Å²) in [4.78, 5) is 21.8. The van der Waals surface area contributed by atoms with Gasteiger partial charge in [0.05, 0.1) is 11.3 Å². The highest BCUT2D eigenvalue weighted by atomic mass is 32.2. The maximum absolute atomic E-state index is 11.6. The van der Waals surface area contributed by atoms with E-state index >= 15 is 0 Å². The minimum atomic E-state index is -3.75. The average Bonchev–Trinajstić information content (AvgIpc) is 2.33. The highest BCUT2D eigenvalue weighted by Gasteiger charge is 2.27. The number of carboxylic acids is 1. The molecule has 9 heteroatoms. The van der Waals surface area contributed by atoms with E-state index in [-0.39, 0.29) is 23.5 Å². The second kappa shape index (κ2) is 5.87. The van der Waals surface area contributed by atoms with Gasteiger partial charge in [0.25, 0.3) is 0 Å². The van der Waals surface area contributed by atoms with Gasteiger partial charge in [-0.15, -0.1) is 0 Å². The number of carbonyl (C=O) groups is 1. The molecule has 0 fully saturated rings. The third-order valence-electron chi connectivity index (χ3n) is 2.63. The molecule has 0 radical (unpaired) electrons. The molecule has 0 amide bonds. The number of nitro benzene ring substituents is 1. The molecule has 8 nitrogen and oxygen atoms in total. The summed E-state index contributed by atoms with van der Waals surface area (Å²) in [6, 6.07) is 3.92. The van der Waals surface area contributed by atoms with Crippen molar-refractivity contribution in [2.24, 2.45) is 0 Å². The molecule has 0 bridgehead atoms. The zero-order valence-corrected chi connectivity index (χ0v) is 11.8. The lowest BCUT2D eigenvalue weighted by Gasteiger charge is -2.18. The van der Waals surface area contributed by atoms with Crippen LogP contribution in [0.3, 0.4) is 0 Å². The Labute approximate surface area is 115 Å². The van der Waals surface area contributed by atoms with Crippen LogP contribution < -0.4 is 4.90 Å². The van der Waals surface area contributed by atoms with Gasteiger partial charge in [-0.2, -0.15) is 0 Å². The van der Waals surface area contributed by atoms with Crippen LogP contribution in [-0.2, 0) is 14.6 Å². The highest BCUT2D eigenvalue weighted by Crippen LogP contribution is 2.34. The Morgan fingerprint density at radius 3 is 2.50 bits per heavy atom. The van der Waals surface area contributed by atoms with Gasteiger partial charge in [-0.3, -0.25) is 14.9 Å². The van der Waals surface area contributed by atoms with Crippen LogP contribution in [0.5, 0.6) is 0 Å². The van der Waals surface area contributed by atoms with E-state index in [9.17, 15) is 23.3 Å². The van der Waals surface area contributed by atoms with Crippen LogP contribution in [0.1, 0.15) is 6.42 Å². The van der Waals surface area contributed by atoms with Crippen LogP contribution in [0, 0.1) is 10.1 Å². The summed E-state index contributed by atoms with van der Waals surface area (Å²) in [6.07, 6.45) is 0.674. The molecule has 1 aromatic rings. The molecule has 110 valence electrons. The van der Waals surface area contributed by atoms with Crippen molar-refractivity contribution < 1.29 is 23.2 Å². The fourth-order valence-electron chi connectivity index (χ4n) is 1.69. The predicted octanol–water partition coefficient (Wildman–Crippen LogP) is 0.909. The van der Waals surface area contributed by atoms with Crippen molar-refractivity contribution in [3.05, 3.63) is 28.3 Å². The maximum atomic E-state index is 11.6. The monoisotopic (exact) mass is 302 g/mol. The van der Waals surface area contributed by atoms with Crippen molar-refractivity contribution in [3.63, 3.8) is 0 Å². The molecule has 1 aromatic carbocycles. The first-order chi connectivity index (χ1) is 9.14. The Balaban J connectivity index is 3.33. The molecule has 1 rings (SSSR count). The van der Waals surface area contributed by atoms with Crippen molar-refractivity contribution in [1.29, 1.82) is 0 Å². The van der Waals surface area contributed by atoms with E-state index < -0.39 is 26.4 Å². The van der Waals surface area contributed by atoms with Crippen LogP contribution in [0.25, 0.3) is 0 Å². The molecule has 1 N–H and O–H groups in total. The fraction of sp³-hybridized carbons (Fsp3) is 0.364. The highest BCUT2D eigenvalue weighted by molar-refractivity contribution is 7.90. The third-order valence-corrected chi connectivity index (χ3v) is 3.76. The van der Waals surface area contributed by atoms with Gasteiger partial charge in [0, 0.05) is 19.8 Å². The second-order valence-corrected chi connectivity index (χ2v) is 6.20. The Bertz CT molecular complexity index is 640. The summed E-state index contributed by atoms with van der Waals surface area (Å²) in [6.45, 7) is 0.0311. The molecule has 0 aromatic heterocycles. The number of nitrogens with zero attached hydrogens (tertiary/aromatic N) is 2. The largest absolute Gasteiger partial charge is 0.481 e. The summed E-state index contributed by atoms with van der Waals surface area (Å²) in [7, 11) is -2.28. The van der Waals surface area contributed by atoms with E-state index in [1.54, 1.807) is 0 Å². The van der Waals surface area contributed by atoms with Gasteiger partial charge >= 0.3 is 11.7 Å². The minimum Gasteiger partial charge on any atom is -0.481 e. The molecular weight excluding hydrogens is 288 g/mol. The van der Waals surface area contributed by atoms with Crippen molar-refractivity contribution in [3.8, 4) is 0 Å². The second-order valence-electron chi connectivity index (χ2n) is 4.22. The standard InChI is InChI=1S/C11H14N2O6S/c1-12(7-6-10(14)15)8-4-3-5-9(20(2,18)19)11(8)13(16)17/h3-5H,6-7H2,1-2H3,(H,14,15). The molecule has 0 aliphatic rings. The van der Waals surface area contributed by atoms with Crippen LogP contribution >= 0.6 is 0 Å². The number of carboxylic acid groups (broad SMARTS) is 1. The van der Waals surface area contributed by atoms with Crippen molar-refractivity contribution in [2.45, 2.75) is 11.3 Å². The Morgan fingerprint density at radius 1 is 1.45 bits per heavy atom. The van der Waals surface area contributed by atoms with Gasteiger partial charge in [0.2, 0.25) is 0 Å². The Morgan fingerprint density at radius 2 is 2.05 bits per heavy atom. The van der Waals surface area contributed by atoms with Crippen molar-refractivity contribution >= 4 is 27.2 Å². The topological polar surface area (TPSA) is 118 Å². The number of para-hydroxylation sites is 1. The Hall–Kier alpha value is -2.16. The van der Waals surface area contributed by atoms with Crippen LogP contribution in [-0.4, -0.2) is 44.3 Å². The molecule has 0 saturated heterocycles. The first-order valence-corrected chi connectivity index (χ1v) is 7.44. The smallest absolute Gasteiger partial charge is 0.311 e. The lowest BCUT2D eigenvalue weighted by molar-refractivity contribution is -0.387. The van der Waals surface area contributed by atoms with Crippen LogP contribution in [0.4, 0.5) is 11.4 Å². The number of hydrogen-bond acceptors (Lipinski definition) is 6. The number of aliphatic carboxylic acids is 1. The van der Waals surface area contributed by atoms with E-state index in [0.717, 1.165) is 12.3 Å². The van der Waals surface area contributed by atoms with Gasteiger partial charge in [-0.25, -0.2) is 8.42 Å². The first kappa shape index (κ1) is 15.9. The van der Waals surface area contributed by atoms with Crippen LogP contribution in [0.15, 0.2) is 23.1 Å². The van der Waals surface area contributed by atoms with E-state index in [1.807, 2.05) is 0 Å². The zero-order chi connectivity index (χ0) is 15.5. The average molecular weight is 302 g/mol. The van der Waals surface area contributed by atoms with Gasteiger partial charge in [0.1, 0.15) is 10.6 Å². The summed E-state index contributed by atoms with van der Waals surface area (Å²) >= 11 is 0. The lowest BCUT2D eigenvalue weighted by Crippen LogP contribution is -2.22. The van der Waals surface area contributed by atoms with Gasteiger partial charge in [0.15, 0.2) is 9.84 Å². The van der Waals surface area contributed by atoms with Gasteiger partial charge in [-0.05, 0) is 12.1 Å². The number of sulfone groups is 1. The molecule has 20 heavy (non-hydrogen) atoms. The molecule has 0 atom stereocenters. The summed E-state index contributed by atoms with van der Waals surface area (Å²) in [5.41, 5.74) is -0.470. The quantitative estimate of drug-likeness (QED) is 0.612. The van der Waals surface area contributed by atoms with E-state index in [1.165, 1.54) is 24.1 Å². The molecule has 0 unspecified atom stereocenters. The lowest BCUT2D eigenvalue weighted by atomic mass is 10.2. The number of benzene rings is 1. The number of anilines is 1. The minimum absolute atomic E-state index is 0.0311. The molecule has 0 aliphatic heterocycles. The number of rotatable bonds is 6. The summed E-state index contributed by atoms with van der Waals surface area (Å²) in [5, 5.41) is 19.7. The zero-order valence-electron chi connectivity index (χ0n) is 10.9. The molecule has 0 spiro atoms. The SMILES string of the molecule is CN(CCC(=O)O)c1cccc(S(C)(=O)=O)c1[N+](=O)[O-]. The molecule has 0 heterocycles. The number of hydrogen-bond donors (Lipinski definition) is 1. The van der Waals surface area contributed by atoms with Crippen molar-refractivity contribution in [2.75, 3.05) is 24.7 Å². The van der Waals surface area contributed by atoms with Gasteiger partial charge in [-0.1, -0.05) is 6.07 Å². The van der Waals surface area contributed by atoms with Crippen LogP contribution in [0.2, 0.25) is 0 Å². The molecular formula is C11H14N2O6S. The third kappa shape index (κ3) is 3.67. The van der Waals surface area contributed by atoms with E-state index in [2.05, 4.69) is 0 Å². The summed E-state index contributed by atoms with van der Waals surface area (Å²) in [5.74, 6) is -1.04. The summed E-state index contributed by atoms with van der Waals surface area (Å²) < 4.78 is 23.2. The van der Waals surface area contributed by atoms with Crippen molar-refractivity contribution in [1.82, 2.24) is 0 Å². The van der Waals surface area contributed by atoms with Gasteiger partial charge < -0.3 is 10.0 Å². The molecule has 0 saturated carbocycles. The predicted molar refractivity (Wildman–Crippen MR) is 71.7 cm³/mol. The maximum Gasteiger partial charge on any atom is 0.311 e.